The van der Waals surface area contributed by atoms with Crippen LogP contribution in [0.15, 0.2) is 23.4 Å². The Kier molecular flexibility index (Phi) is 3.01. The van der Waals surface area contributed by atoms with Crippen molar-refractivity contribution in [3.05, 3.63) is 40.8 Å². The molecule has 0 saturated carbocycles. The van der Waals surface area contributed by atoms with E-state index in [4.69, 9.17) is 10.9 Å². The third-order valence-electron chi connectivity index (χ3n) is 2.61. The summed E-state index contributed by atoms with van der Waals surface area (Å²) in [5, 5.41) is 16.2. The quantitative estimate of drug-likeness (QED) is 0.361. The summed E-state index contributed by atoms with van der Waals surface area (Å²) >= 11 is 0. The van der Waals surface area contributed by atoms with Crippen LogP contribution in [0, 0.1) is 20.8 Å². The lowest BCUT2D eigenvalue weighted by Crippen LogP contribution is -2.18. The van der Waals surface area contributed by atoms with E-state index in [1.54, 1.807) is 10.7 Å². The number of aryl methyl sites for hydroxylation is 3. The summed E-state index contributed by atoms with van der Waals surface area (Å²) in [7, 11) is 0. The molecule has 0 saturated heterocycles. The predicted octanol–water partition coefficient (Wildman–Crippen LogP) is 1.29. The van der Waals surface area contributed by atoms with E-state index in [1.165, 1.54) is 0 Å². The molecule has 0 radical (unpaired) electrons. The average Bonchev–Trinajstić information content (AvgIpc) is 2.67. The van der Waals surface area contributed by atoms with Gasteiger partial charge in [-0.15, -0.1) is 0 Å². The molecule has 2 aromatic rings. The van der Waals surface area contributed by atoms with E-state index in [2.05, 4.69) is 15.2 Å². The molecule has 6 heteroatoms. The highest BCUT2D eigenvalue weighted by molar-refractivity contribution is 5.99. The Morgan fingerprint density at radius 2 is 2.00 bits per heavy atom. The molecule has 18 heavy (non-hydrogen) atoms. The molecule has 0 aliphatic heterocycles. The van der Waals surface area contributed by atoms with Crippen LogP contribution >= 0.6 is 0 Å². The first-order valence-corrected chi connectivity index (χ1v) is 5.52. The van der Waals surface area contributed by atoms with Crippen LogP contribution in [0.2, 0.25) is 0 Å². The summed E-state index contributed by atoms with van der Waals surface area (Å²) in [5.74, 6) is 0.584. The second kappa shape index (κ2) is 4.48. The van der Waals surface area contributed by atoms with E-state index in [9.17, 15) is 0 Å². The van der Waals surface area contributed by atoms with Crippen molar-refractivity contribution >= 4 is 5.84 Å². The van der Waals surface area contributed by atoms with Crippen molar-refractivity contribution in [2.75, 3.05) is 0 Å². The van der Waals surface area contributed by atoms with E-state index in [0.29, 0.717) is 11.4 Å². The lowest BCUT2D eigenvalue weighted by Gasteiger charge is -2.09. The van der Waals surface area contributed by atoms with Gasteiger partial charge < -0.3 is 10.9 Å². The summed E-state index contributed by atoms with van der Waals surface area (Å²) in [5.41, 5.74) is 8.88. The van der Waals surface area contributed by atoms with Gasteiger partial charge in [0.05, 0.1) is 11.3 Å². The predicted molar refractivity (Wildman–Crippen MR) is 68.1 cm³/mol. The van der Waals surface area contributed by atoms with Gasteiger partial charge in [0, 0.05) is 11.4 Å². The molecule has 0 unspecified atom stereocenters. The SMILES string of the molecule is Cc1ccc(C(N)=NO)c(-n2nc(C)cc2C)n1. The van der Waals surface area contributed by atoms with E-state index >= 15 is 0 Å². The van der Waals surface area contributed by atoms with Crippen molar-refractivity contribution in [1.82, 2.24) is 14.8 Å². The zero-order valence-corrected chi connectivity index (χ0v) is 10.5. The molecule has 0 spiro atoms. The lowest BCUT2D eigenvalue weighted by molar-refractivity contribution is 0.318. The van der Waals surface area contributed by atoms with Gasteiger partial charge >= 0.3 is 0 Å². The Hall–Kier alpha value is -2.37. The standard InChI is InChI=1S/C12H15N5O/c1-7-4-5-10(11(13)16-18)12(14-7)17-9(3)6-8(2)15-17/h4-6,18H,1-3H3,(H2,13,16). The van der Waals surface area contributed by atoms with Crippen LogP contribution in [-0.2, 0) is 0 Å². The van der Waals surface area contributed by atoms with E-state index in [0.717, 1.165) is 17.1 Å². The number of nitrogens with zero attached hydrogens (tertiary/aromatic N) is 4. The first-order valence-electron chi connectivity index (χ1n) is 5.52. The van der Waals surface area contributed by atoms with Crippen LogP contribution in [0.5, 0.6) is 0 Å². The topological polar surface area (TPSA) is 89.3 Å². The minimum atomic E-state index is 0.0186. The number of oxime groups is 1. The van der Waals surface area contributed by atoms with Gasteiger partial charge in [-0.05, 0) is 39.0 Å². The molecule has 0 aromatic carbocycles. The van der Waals surface area contributed by atoms with Crippen LogP contribution in [0.4, 0.5) is 0 Å². The Labute approximate surface area is 105 Å². The molecule has 94 valence electrons. The highest BCUT2D eigenvalue weighted by atomic mass is 16.4. The fraction of sp³-hybridized carbons (Fsp3) is 0.250. The number of nitrogens with two attached hydrogens (primary N) is 1. The molecule has 0 bridgehead atoms. The number of rotatable bonds is 2. The molecule has 3 N–H and O–H groups in total. The second-order valence-corrected chi connectivity index (χ2v) is 4.15. The van der Waals surface area contributed by atoms with Crippen LogP contribution < -0.4 is 5.73 Å². The molecular formula is C12H15N5O. The van der Waals surface area contributed by atoms with E-state index < -0.39 is 0 Å². The lowest BCUT2D eigenvalue weighted by atomic mass is 10.2. The normalized spacial score (nSPS) is 11.8. The molecule has 0 aliphatic rings. The van der Waals surface area contributed by atoms with Gasteiger partial charge in [-0.2, -0.15) is 5.10 Å². The molecule has 2 aromatic heterocycles. The van der Waals surface area contributed by atoms with Gasteiger partial charge in [-0.1, -0.05) is 5.16 Å². The van der Waals surface area contributed by atoms with E-state index in [1.807, 2.05) is 32.9 Å². The molecule has 0 amide bonds. The Morgan fingerprint density at radius 3 is 2.56 bits per heavy atom. The van der Waals surface area contributed by atoms with Crippen molar-refractivity contribution in [2.45, 2.75) is 20.8 Å². The summed E-state index contributed by atoms with van der Waals surface area (Å²) in [6, 6.07) is 5.52. The number of hydrogen-bond acceptors (Lipinski definition) is 4. The van der Waals surface area contributed by atoms with Gasteiger partial charge in [-0.25, -0.2) is 9.67 Å². The van der Waals surface area contributed by atoms with Crippen LogP contribution in [0.3, 0.4) is 0 Å². The summed E-state index contributed by atoms with van der Waals surface area (Å²) in [4.78, 5) is 4.42. The molecular weight excluding hydrogens is 230 g/mol. The molecule has 0 aliphatic carbocycles. The average molecular weight is 245 g/mol. The van der Waals surface area contributed by atoms with Crippen molar-refractivity contribution in [2.24, 2.45) is 10.9 Å². The monoisotopic (exact) mass is 245 g/mol. The molecule has 0 atom stereocenters. The Balaban J connectivity index is 2.69. The van der Waals surface area contributed by atoms with Crippen LogP contribution in [-0.4, -0.2) is 25.8 Å². The maximum Gasteiger partial charge on any atom is 0.173 e. The van der Waals surface area contributed by atoms with Gasteiger partial charge in [0.2, 0.25) is 0 Å². The maximum absolute atomic E-state index is 8.81. The van der Waals surface area contributed by atoms with Crippen molar-refractivity contribution in [1.29, 1.82) is 0 Å². The summed E-state index contributed by atoms with van der Waals surface area (Å²) < 4.78 is 1.69. The number of hydrogen-bond donors (Lipinski definition) is 2. The Bertz CT molecular complexity index is 615. The minimum Gasteiger partial charge on any atom is -0.409 e. The highest BCUT2D eigenvalue weighted by Crippen LogP contribution is 2.15. The summed E-state index contributed by atoms with van der Waals surface area (Å²) in [6.45, 7) is 5.72. The maximum atomic E-state index is 8.81. The highest BCUT2D eigenvalue weighted by Gasteiger charge is 2.13. The molecule has 0 fully saturated rings. The summed E-state index contributed by atoms with van der Waals surface area (Å²) in [6.07, 6.45) is 0. The van der Waals surface area contributed by atoms with Gasteiger partial charge in [0.15, 0.2) is 11.7 Å². The number of pyridine rings is 1. The first kappa shape index (κ1) is 12.1. The molecule has 2 rings (SSSR count). The third kappa shape index (κ3) is 2.04. The second-order valence-electron chi connectivity index (χ2n) is 4.15. The zero-order chi connectivity index (χ0) is 13.3. The first-order chi connectivity index (χ1) is 8.52. The number of aromatic nitrogens is 3. The van der Waals surface area contributed by atoms with Crippen molar-refractivity contribution in [3.8, 4) is 5.82 Å². The Morgan fingerprint density at radius 1 is 1.28 bits per heavy atom. The largest absolute Gasteiger partial charge is 0.409 e. The fourth-order valence-corrected chi connectivity index (χ4v) is 1.80. The zero-order valence-electron chi connectivity index (χ0n) is 10.5. The molecule has 6 nitrogen and oxygen atoms in total. The van der Waals surface area contributed by atoms with Crippen molar-refractivity contribution < 1.29 is 5.21 Å². The van der Waals surface area contributed by atoms with Gasteiger partial charge in [0.25, 0.3) is 0 Å². The van der Waals surface area contributed by atoms with Gasteiger partial charge in [-0.3, -0.25) is 0 Å². The minimum absolute atomic E-state index is 0.0186. The van der Waals surface area contributed by atoms with Crippen molar-refractivity contribution in [3.63, 3.8) is 0 Å². The fourth-order valence-electron chi connectivity index (χ4n) is 1.80. The van der Waals surface area contributed by atoms with Crippen LogP contribution in [0.1, 0.15) is 22.6 Å². The molecule has 2 heterocycles. The van der Waals surface area contributed by atoms with Gasteiger partial charge in [0.1, 0.15) is 0 Å². The number of amidine groups is 1. The third-order valence-corrected chi connectivity index (χ3v) is 2.61. The van der Waals surface area contributed by atoms with E-state index in [-0.39, 0.29) is 5.84 Å². The van der Waals surface area contributed by atoms with Crippen LogP contribution in [0.25, 0.3) is 5.82 Å². The smallest absolute Gasteiger partial charge is 0.173 e.